The highest BCUT2D eigenvalue weighted by Gasteiger charge is 2.26. The quantitative estimate of drug-likeness (QED) is 0.529. The number of hydrogen-bond acceptors (Lipinski definition) is 8. The molecule has 2 aromatic carbocycles. The minimum atomic E-state index is -3.64. The van der Waals surface area contributed by atoms with Gasteiger partial charge in [-0.25, -0.2) is 17.6 Å². The van der Waals surface area contributed by atoms with Gasteiger partial charge in [0, 0.05) is 18.7 Å². The first-order valence-corrected chi connectivity index (χ1v) is 10.8. The number of aromatic nitrogens is 2. The van der Waals surface area contributed by atoms with Gasteiger partial charge in [-0.05, 0) is 48.5 Å². The number of nitrogens with zero attached hydrogens (tertiary/aromatic N) is 3. The van der Waals surface area contributed by atoms with Gasteiger partial charge in [-0.15, -0.1) is 0 Å². The molecule has 4 rings (SSSR count). The van der Waals surface area contributed by atoms with Gasteiger partial charge < -0.3 is 14.0 Å². The fourth-order valence-corrected chi connectivity index (χ4v) is 4.35. The van der Waals surface area contributed by atoms with Crippen molar-refractivity contribution >= 4 is 16.0 Å². The molecule has 0 amide bonds. The second kappa shape index (κ2) is 8.92. The topological polar surface area (TPSA) is 112 Å². The van der Waals surface area contributed by atoms with Gasteiger partial charge in [0.15, 0.2) is 6.61 Å². The van der Waals surface area contributed by atoms with E-state index in [1.165, 1.54) is 52.8 Å². The Morgan fingerprint density at radius 2 is 1.74 bits per heavy atom. The maximum atomic E-state index is 13.0. The molecule has 0 unspecified atom stereocenters. The molecule has 3 aromatic rings. The number of ether oxygens (including phenoxy) is 2. The third-order valence-corrected chi connectivity index (χ3v) is 6.51. The van der Waals surface area contributed by atoms with Crippen LogP contribution in [0.15, 0.2) is 57.9 Å². The third-order valence-electron chi connectivity index (χ3n) is 4.60. The molecule has 0 bridgehead atoms. The molecule has 2 heterocycles. The van der Waals surface area contributed by atoms with Crippen LogP contribution in [-0.4, -0.2) is 55.1 Å². The van der Waals surface area contributed by atoms with E-state index in [1.54, 1.807) is 0 Å². The lowest BCUT2D eigenvalue weighted by Gasteiger charge is -2.26. The maximum Gasteiger partial charge on any atom is 0.338 e. The highest BCUT2D eigenvalue weighted by atomic mass is 32.2. The van der Waals surface area contributed by atoms with Crippen LogP contribution in [0.5, 0.6) is 0 Å². The van der Waals surface area contributed by atoms with Crippen LogP contribution in [0.4, 0.5) is 4.39 Å². The van der Waals surface area contributed by atoms with E-state index in [0.717, 1.165) is 0 Å². The van der Waals surface area contributed by atoms with E-state index in [4.69, 9.17) is 14.0 Å². The summed E-state index contributed by atoms with van der Waals surface area (Å²) in [6, 6.07) is 11.0. The first-order chi connectivity index (χ1) is 14.9. The summed E-state index contributed by atoms with van der Waals surface area (Å²) >= 11 is 0. The van der Waals surface area contributed by atoms with Gasteiger partial charge >= 0.3 is 5.97 Å². The highest BCUT2D eigenvalue weighted by Crippen LogP contribution is 2.19. The Bertz CT molecular complexity index is 1160. The molecular weight excluding hydrogens is 429 g/mol. The van der Waals surface area contributed by atoms with Crippen LogP contribution < -0.4 is 0 Å². The molecule has 162 valence electrons. The van der Waals surface area contributed by atoms with E-state index in [-0.39, 0.29) is 47.7 Å². The molecule has 0 radical (unpaired) electrons. The van der Waals surface area contributed by atoms with Crippen molar-refractivity contribution in [3.05, 3.63) is 65.8 Å². The monoisotopic (exact) mass is 447 g/mol. The Labute approximate surface area is 177 Å². The second-order valence-corrected chi connectivity index (χ2v) is 8.57. The Kier molecular flexibility index (Phi) is 6.07. The molecule has 0 spiro atoms. The zero-order valence-electron chi connectivity index (χ0n) is 16.2. The van der Waals surface area contributed by atoms with Crippen LogP contribution in [0.2, 0.25) is 0 Å². The number of morpholine rings is 1. The summed E-state index contributed by atoms with van der Waals surface area (Å²) in [5.41, 5.74) is 0.735. The lowest BCUT2D eigenvalue weighted by atomic mass is 10.2. The maximum absolute atomic E-state index is 13.0. The van der Waals surface area contributed by atoms with E-state index in [9.17, 15) is 17.6 Å². The number of esters is 1. The van der Waals surface area contributed by atoms with E-state index < -0.39 is 16.0 Å². The van der Waals surface area contributed by atoms with Crippen LogP contribution >= 0.6 is 0 Å². The van der Waals surface area contributed by atoms with E-state index in [2.05, 4.69) is 10.1 Å². The molecule has 1 aliphatic rings. The number of benzene rings is 2. The third kappa shape index (κ3) is 4.79. The van der Waals surface area contributed by atoms with Crippen molar-refractivity contribution in [2.24, 2.45) is 0 Å². The molecule has 1 fully saturated rings. The number of sulfonamides is 1. The van der Waals surface area contributed by atoms with Gasteiger partial charge in [0.2, 0.25) is 15.8 Å². The smallest absolute Gasteiger partial charge is 0.338 e. The fraction of sp³-hybridized carbons (Fsp3) is 0.250. The summed E-state index contributed by atoms with van der Waals surface area (Å²) in [5.74, 6) is -0.745. The average molecular weight is 447 g/mol. The number of carbonyl (C=O) groups is 1. The van der Waals surface area contributed by atoms with Gasteiger partial charge in [0.05, 0.1) is 23.7 Å². The van der Waals surface area contributed by atoms with Gasteiger partial charge in [-0.3, -0.25) is 0 Å². The summed E-state index contributed by atoms with van der Waals surface area (Å²) in [4.78, 5) is 16.5. The van der Waals surface area contributed by atoms with Crippen molar-refractivity contribution in [1.29, 1.82) is 0 Å². The van der Waals surface area contributed by atoms with Gasteiger partial charge in [0.1, 0.15) is 5.82 Å². The van der Waals surface area contributed by atoms with Crippen molar-refractivity contribution < 1.29 is 31.6 Å². The largest absolute Gasteiger partial charge is 0.452 e. The predicted octanol–water partition coefficient (Wildman–Crippen LogP) is 2.25. The number of hydrogen-bond donors (Lipinski definition) is 0. The number of halogens is 1. The first kappa shape index (κ1) is 21.1. The Hall–Kier alpha value is -3.15. The van der Waals surface area contributed by atoms with Crippen molar-refractivity contribution in [2.75, 3.05) is 26.3 Å². The lowest BCUT2D eigenvalue weighted by molar-refractivity contribution is 0.0429. The minimum Gasteiger partial charge on any atom is -0.452 e. The molecule has 0 atom stereocenters. The molecule has 11 heteroatoms. The van der Waals surface area contributed by atoms with E-state index >= 15 is 0 Å². The van der Waals surface area contributed by atoms with Crippen LogP contribution in [0.25, 0.3) is 11.4 Å². The second-order valence-electron chi connectivity index (χ2n) is 6.64. The van der Waals surface area contributed by atoms with Crippen LogP contribution in [0.1, 0.15) is 16.2 Å². The molecule has 0 saturated carbocycles. The van der Waals surface area contributed by atoms with Gasteiger partial charge in [-0.2, -0.15) is 9.29 Å². The van der Waals surface area contributed by atoms with Crippen molar-refractivity contribution in [3.8, 4) is 11.4 Å². The van der Waals surface area contributed by atoms with Crippen molar-refractivity contribution in [3.63, 3.8) is 0 Å². The average Bonchev–Trinajstić information content (AvgIpc) is 3.28. The summed E-state index contributed by atoms with van der Waals surface area (Å²) in [6.07, 6.45) is 0. The first-order valence-electron chi connectivity index (χ1n) is 9.37. The normalized spacial score (nSPS) is 15.0. The summed E-state index contributed by atoms with van der Waals surface area (Å²) in [6.45, 7) is 1.01. The molecule has 1 aliphatic heterocycles. The van der Waals surface area contributed by atoms with Gasteiger partial charge in [0.25, 0.3) is 5.89 Å². The standard InChI is InChI=1S/C20H18FN3O6S/c21-16-5-1-14(2-6-16)19-22-18(30-23-19)13-29-20(25)15-3-7-17(8-4-15)31(26,27)24-9-11-28-12-10-24/h1-8H,9-13H2. The molecule has 1 aromatic heterocycles. The summed E-state index contributed by atoms with van der Waals surface area (Å²) < 4.78 is 55.0. The zero-order chi connectivity index (χ0) is 21.8. The van der Waals surface area contributed by atoms with Gasteiger partial charge in [-0.1, -0.05) is 5.16 Å². The minimum absolute atomic E-state index is 0.0687. The Morgan fingerprint density at radius 3 is 2.42 bits per heavy atom. The van der Waals surface area contributed by atoms with Crippen LogP contribution in [0, 0.1) is 5.82 Å². The summed E-state index contributed by atoms with van der Waals surface area (Å²) in [5, 5.41) is 3.77. The molecule has 9 nitrogen and oxygen atoms in total. The molecule has 0 N–H and O–H groups in total. The predicted molar refractivity (Wildman–Crippen MR) is 105 cm³/mol. The van der Waals surface area contributed by atoms with Crippen molar-refractivity contribution in [1.82, 2.24) is 14.4 Å². The van der Waals surface area contributed by atoms with E-state index in [1.807, 2.05) is 0 Å². The van der Waals surface area contributed by atoms with Crippen molar-refractivity contribution in [2.45, 2.75) is 11.5 Å². The Morgan fingerprint density at radius 1 is 1.06 bits per heavy atom. The molecule has 31 heavy (non-hydrogen) atoms. The fourth-order valence-electron chi connectivity index (χ4n) is 2.94. The molecular formula is C20H18FN3O6S. The number of carbonyl (C=O) groups excluding carboxylic acids is 1. The lowest BCUT2D eigenvalue weighted by Crippen LogP contribution is -2.40. The zero-order valence-corrected chi connectivity index (χ0v) is 17.0. The van der Waals surface area contributed by atoms with Crippen LogP contribution in [-0.2, 0) is 26.1 Å². The molecule has 1 saturated heterocycles. The Balaban J connectivity index is 1.37. The highest BCUT2D eigenvalue weighted by molar-refractivity contribution is 7.89. The number of rotatable bonds is 6. The SMILES string of the molecule is O=C(OCc1nc(-c2ccc(F)cc2)no1)c1ccc(S(=O)(=O)N2CCOCC2)cc1. The molecule has 0 aliphatic carbocycles. The van der Waals surface area contributed by atoms with Crippen LogP contribution in [0.3, 0.4) is 0 Å². The summed E-state index contributed by atoms with van der Waals surface area (Å²) in [7, 11) is -3.64. The van der Waals surface area contributed by atoms with E-state index in [0.29, 0.717) is 18.8 Å².